The molecule has 0 aliphatic rings. The van der Waals surface area contributed by atoms with Crippen molar-refractivity contribution in [1.29, 1.82) is 0 Å². The van der Waals surface area contributed by atoms with Crippen molar-refractivity contribution < 1.29 is 74.4 Å². The van der Waals surface area contributed by atoms with Gasteiger partial charge in [-0.25, -0.2) is 4.79 Å². The summed E-state index contributed by atoms with van der Waals surface area (Å²) in [6, 6.07) is 0. The Labute approximate surface area is 149 Å². The maximum absolute atomic E-state index is 12.9. The second kappa shape index (κ2) is 9.26. The third-order valence-corrected chi connectivity index (χ3v) is 2.59. The van der Waals surface area contributed by atoms with Gasteiger partial charge in [-0.3, -0.25) is 14.3 Å². The standard InChI is InChI=1S/C8H9F4N2O6P.2Li/c9-4-1-14(7(16)13-6(4)15)2-5(8(10,11)12)20-3-21(17,18)19;;/h1,5H,2-3H2,(H,13,15,16)(H2,17,18,19);;/q;2*+1/p-2. The first-order chi connectivity index (χ1) is 9.40. The Balaban J connectivity index is 0. The molecule has 15 heteroatoms. The number of rotatable bonds is 5. The minimum absolute atomic E-state index is 0. The molecule has 1 aromatic heterocycles. The van der Waals surface area contributed by atoms with E-state index >= 15 is 0 Å². The van der Waals surface area contributed by atoms with Crippen LogP contribution in [0.5, 0.6) is 0 Å². The van der Waals surface area contributed by atoms with Crippen molar-refractivity contribution in [1.82, 2.24) is 9.55 Å². The van der Waals surface area contributed by atoms with Gasteiger partial charge in [-0.05, 0) is 7.60 Å². The molecule has 120 valence electrons. The van der Waals surface area contributed by atoms with Crippen LogP contribution in [0.15, 0.2) is 15.8 Å². The zero-order valence-electron chi connectivity index (χ0n) is 11.9. The Morgan fingerprint density at radius 3 is 2.26 bits per heavy atom. The Kier molecular flexibility index (Phi) is 10.0. The first kappa shape index (κ1) is 25.0. The molecule has 0 spiro atoms. The van der Waals surface area contributed by atoms with E-state index in [1.165, 1.54) is 4.98 Å². The van der Waals surface area contributed by atoms with Crippen LogP contribution in [0.4, 0.5) is 17.6 Å². The van der Waals surface area contributed by atoms with E-state index in [2.05, 4.69) is 4.74 Å². The van der Waals surface area contributed by atoms with Crippen LogP contribution in [-0.4, -0.2) is 28.2 Å². The average molecular weight is 348 g/mol. The van der Waals surface area contributed by atoms with Crippen molar-refractivity contribution in [3.8, 4) is 0 Å². The van der Waals surface area contributed by atoms with E-state index in [0.29, 0.717) is 0 Å². The van der Waals surface area contributed by atoms with E-state index in [0.717, 1.165) is 0 Å². The van der Waals surface area contributed by atoms with Gasteiger partial charge < -0.3 is 19.1 Å². The number of halogens is 4. The monoisotopic (exact) mass is 348 g/mol. The van der Waals surface area contributed by atoms with Gasteiger partial charge in [-0.2, -0.15) is 17.6 Å². The van der Waals surface area contributed by atoms with Crippen molar-refractivity contribution in [3.63, 3.8) is 0 Å². The SMILES string of the molecule is O=c1[nH]c(=O)n(CC(OCP(=O)([O-])[O-])C(F)(F)F)cc1F.[Li+].[Li+]. The van der Waals surface area contributed by atoms with Crippen LogP contribution in [-0.2, 0) is 15.8 Å². The summed E-state index contributed by atoms with van der Waals surface area (Å²) in [4.78, 5) is 43.9. The molecule has 0 saturated heterocycles. The molecular formula is C8H7F4Li2N2O6P. The van der Waals surface area contributed by atoms with Gasteiger partial charge in [0.25, 0.3) is 5.56 Å². The molecule has 0 aliphatic carbocycles. The van der Waals surface area contributed by atoms with E-state index in [-0.39, 0.29) is 48.5 Å². The molecule has 0 radical (unpaired) electrons. The third-order valence-electron chi connectivity index (χ3n) is 2.13. The number of aromatic nitrogens is 2. The molecule has 1 N–H and O–H groups in total. The quantitative estimate of drug-likeness (QED) is 0.320. The molecule has 0 amide bonds. The van der Waals surface area contributed by atoms with E-state index in [9.17, 15) is 41.5 Å². The first-order valence-corrected chi connectivity index (χ1v) is 6.81. The van der Waals surface area contributed by atoms with Gasteiger partial charge in [0.1, 0.15) is 0 Å². The van der Waals surface area contributed by atoms with Crippen LogP contribution in [0.3, 0.4) is 0 Å². The molecule has 0 aliphatic heterocycles. The molecule has 0 aromatic carbocycles. The topological polar surface area (TPSA) is 127 Å². The van der Waals surface area contributed by atoms with Crippen LogP contribution in [0, 0.1) is 5.82 Å². The molecule has 8 nitrogen and oxygen atoms in total. The molecule has 1 unspecified atom stereocenters. The fraction of sp³-hybridized carbons (Fsp3) is 0.500. The van der Waals surface area contributed by atoms with Gasteiger partial charge >= 0.3 is 49.6 Å². The average Bonchev–Trinajstić information content (AvgIpc) is 2.27. The summed E-state index contributed by atoms with van der Waals surface area (Å²) in [5, 5.41) is 0. The normalized spacial score (nSPS) is 13.0. The zero-order chi connectivity index (χ0) is 16.4. The van der Waals surface area contributed by atoms with Gasteiger partial charge in [0.15, 0.2) is 6.10 Å². The number of nitrogens with zero attached hydrogens (tertiary/aromatic N) is 1. The van der Waals surface area contributed by atoms with Gasteiger partial charge in [0, 0.05) is 0 Å². The van der Waals surface area contributed by atoms with E-state index in [1.807, 2.05) is 0 Å². The molecule has 1 rings (SSSR count). The molecule has 0 bridgehead atoms. The van der Waals surface area contributed by atoms with Gasteiger partial charge in [-0.15, -0.1) is 0 Å². The largest absolute Gasteiger partial charge is 1.00 e. The van der Waals surface area contributed by atoms with E-state index in [1.54, 1.807) is 0 Å². The van der Waals surface area contributed by atoms with Gasteiger partial charge in [0.2, 0.25) is 5.82 Å². The number of aromatic amines is 1. The summed E-state index contributed by atoms with van der Waals surface area (Å²) in [6.45, 7) is -1.34. The number of alkyl halides is 3. The number of hydrogen-bond acceptors (Lipinski definition) is 6. The molecule has 1 atom stereocenters. The van der Waals surface area contributed by atoms with E-state index in [4.69, 9.17) is 0 Å². The first-order valence-electron chi connectivity index (χ1n) is 5.09. The summed E-state index contributed by atoms with van der Waals surface area (Å²) >= 11 is 0. The maximum Gasteiger partial charge on any atom is 1.00 e. The molecule has 1 aromatic rings. The van der Waals surface area contributed by atoms with Crippen LogP contribution in [0.25, 0.3) is 0 Å². The fourth-order valence-corrected chi connectivity index (χ4v) is 1.59. The Bertz CT molecular complexity index is 672. The van der Waals surface area contributed by atoms with Crippen molar-refractivity contribution in [2.75, 3.05) is 6.35 Å². The van der Waals surface area contributed by atoms with Crippen molar-refractivity contribution in [2.45, 2.75) is 18.8 Å². The van der Waals surface area contributed by atoms with Gasteiger partial charge in [-0.1, -0.05) is 0 Å². The molecule has 0 fully saturated rings. The van der Waals surface area contributed by atoms with Crippen LogP contribution in [0.2, 0.25) is 0 Å². The summed E-state index contributed by atoms with van der Waals surface area (Å²) in [5.74, 6) is -1.52. The minimum Gasteiger partial charge on any atom is -0.809 e. The molecular weight excluding hydrogens is 341 g/mol. The zero-order valence-corrected chi connectivity index (χ0v) is 12.8. The second-order valence-corrected chi connectivity index (χ2v) is 5.31. The van der Waals surface area contributed by atoms with Crippen LogP contribution in [0.1, 0.15) is 0 Å². The molecule has 23 heavy (non-hydrogen) atoms. The fourth-order valence-electron chi connectivity index (χ4n) is 1.23. The van der Waals surface area contributed by atoms with Crippen LogP contribution >= 0.6 is 7.60 Å². The van der Waals surface area contributed by atoms with Gasteiger partial charge in [0.05, 0.1) is 19.1 Å². The number of H-pyrrole nitrogens is 1. The third kappa shape index (κ3) is 8.38. The van der Waals surface area contributed by atoms with Crippen molar-refractivity contribution in [2.24, 2.45) is 0 Å². The smallest absolute Gasteiger partial charge is 0.809 e. The predicted octanol–water partition coefficient (Wildman–Crippen LogP) is -7.50. The van der Waals surface area contributed by atoms with E-state index < -0.39 is 49.8 Å². The predicted molar refractivity (Wildman–Crippen MR) is 54.7 cm³/mol. The number of ether oxygens (including phenoxy) is 1. The minimum atomic E-state index is -5.36. The van der Waals surface area contributed by atoms with Crippen molar-refractivity contribution in [3.05, 3.63) is 32.9 Å². The summed E-state index contributed by atoms with van der Waals surface area (Å²) in [7, 11) is -5.36. The number of hydrogen-bond donors (Lipinski definition) is 1. The second-order valence-electron chi connectivity index (χ2n) is 3.83. The maximum atomic E-state index is 12.9. The summed E-state index contributed by atoms with van der Waals surface area (Å²) < 4.78 is 65.0. The Morgan fingerprint density at radius 2 is 1.83 bits per heavy atom. The summed E-state index contributed by atoms with van der Waals surface area (Å²) in [6.07, 6.45) is -9.52. The Hall–Kier alpha value is -0.295. The van der Waals surface area contributed by atoms with Crippen molar-refractivity contribution >= 4 is 7.60 Å². The van der Waals surface area contributed by atoms with Crippen LogP contribution < -0.4 is 58.8 Å². The number of nitrogens with one attached hydrogen (secondary N) is 1. The summed E-state index contributed by atoms with van der Waals surface area (Å²) in [5.41, 5.74) is -2.78. The molecule has 1 heterocycles. The molecule has 0 saturated carbocycles. The Morgan fingerprint density at radius 1 is 1.30 bits per heavy atom.